The molecule has 0 aliphatic carbocycles. The van der Waals surface area contributed by atoms with Crippen LogP contribution in [0.5, 0.6) is 0 Å². The lowest BCUT2D eigenvalue weighted by molar-refractivity contribution is 1.23. The molecule has 4 nitrogen and oxygen atoms in total. The van der Waals surface area contributed by atoms with Gasteiger partial charge in [0.05, 0.1) is 23.0 Å². The monoisotopic (exact) mass is 930 g/mol. The van der Waals surface area contributed by atoms with E-state index in [0.29, 0.717) is 5.56 Å². The lowest BCUT2D eigenvalue weighted by atomic mass is 9.33. The molecule has 0 radical (unpaired) electrons. The van der Waals surface area contributed by atoms with E-state index in [1.54, 1.807) is 0 Å². The maximum absolute atomic E-state index is 10.7. The van der Waals surface area contributed by atoms with Crippen molar-refractivity contribution in [3.05, 3.63) is 278 Å². The lowest BCUT2D eigenvalue weighted by Gasteiger charge is -2.45. The molecular weight excluding hydrogens is 884 g/mol. The third kappa shape index (κ3) is 7.56. The fourth-order valence-electron chi connectivity index (χ4n) is 11.3. The van der Waals surface area contributed by atoms with E-state index in [1.165, 1.54) is 16.4 Å². The topological polar surface area (TPSA) is 33.5 Å². The predicted octanol–water partition coefficient (Wildman–Crippen LogP) is 16.1. The first-order chi connectivity index (χ1) is 36.1. The summed E-state index contributed by atoms with van der Waals surface area (Å²) in [5, 5.41) is 10.7. The highest BCUT2D eigenvalue weighted by Crippen LogP contribution is 2.52. The molecule has 2 heterocycles. The Morgan fingerprint density at radius 2 is 0.836 bits per heavy atom. The van der Waals surface area contributed by atoms with Gasteiger partial charge < -0.3 is 14.7 Å². The van der Waals surface area contributed by atoms with Gasteiger partial charge in [0.15, 0.2) is 0 Å². The van der Waals surface area contributed by atoms with Gasteiger partial charge in [0.2, 0.25) is 0 Å². The van der Waals surface area contributed by atoms with E-state index in [0.717, 1.165) is 101 Å². The van der Waals surface area contributed by atoms with Crippen LogP contribution in [0.2, 0.25) is 0 Å². The van der Waals surface area contributed by atoms with Crippen LogP contribution in [-0.2, 0) is 0 Å². The van der Waals surface area contributed by atoms with Gasteiger partial charge >= 0.3 is 0 Å². The van der Waals surface area contributed by atoms with Crippen LogP contribution in [0.3, 0.4) is 0 Å². The van der Waals surface area contributed by atoms with Crippen LogP contribution >= 0.6 is 0 Å². The largest absolute Gasteiger partial charge is 0.311 e. The molecule has 0 N–H and O–H groups in total. The number of hydrogen-bond donors (Lipinski definition) is 0. The molecule has 11 aromatic carbocycles. The summed E-state index contributed by atoms with van der Waals surface area (Å²) >= 11 is 0. The van der Waals surface area contributed by atoms with Crippen LogP contribution < -0.4 is 31.1 Å². The Labute approximate surface area is 427 Å². The van der Waals surface area contributed by atoms with Crippen molar-refractivity contribution in [3.63, 3.8) is 0 Å². The molecule has 0 unspecified atom stereocenters. The van der Waals surface area contributed by atoms with E-state index < -0.39 is 0 Å². The maximum Gasteiger partial charge on any atom is 0.252 e. The quantitative estimate of drug-likeness (QED) is 0.135. The number of anilines is 9. The van der Waals surface area contributed by atoms with E-state index in [9.17, 15) is 5.26 Å². The summed E-state index contributed by atoms with van der Waals surface area (Å²) in [4.78, 5) is 7.43. The Bertz CT molecular complexity index is 3780. The highest BCUT2D eigenvalue weighted by molar-refractivity contribution is 7.00. The number of benzene rings is 11. The first-order valence-corrected chi connectivity index (χ1v) is 24.9. The summed E-state index contributed by atoms with van der Waals surface area (Å²) in [5.41, 5.74) is 23.8. The molecule has 73 heavy (non-hydrogen) atoms. The second-order valence-corrected chi connectivity index (χ2v) is 18.9. The Balaban J connectivity index is 1.15. The summed E-state index contributed by atoms with van der Waals surface area (Å²) < 4.78 is 0. The van der Waals surface area contributed by atoms with Crippen molar-refractivity contribution < 1.29 is 0 Å². The van der Waals surface area contributed by atoms with Gasteiger partial charge in [-0.2, -0.15) is 5.26 Å². The Morgan fingerprint density at radius 3 is 1.40 bits per heavy atom. The van der Waals surface area contributed by atoms with E-state index in [-0.39, 0.29) is 6.71 Å². The molecule has 0 spiro atoms. The first-order valence-electron chi connectivity index (χ1n) is 24.9. The Hall–Kier alpha value is -9.63. The van der Waals surface area contributed by atoms with Crippen LogP contribution in [0.15, 0.2) is 267 Å². The Morgan fingerprint density at radius 1 is 0.356 bits per heavy atom. The van der Waals surface area contributed by atoms with Gasteiger partial charge in [-0.1, -0.05) is 194 Å². The van der Waals surface area contributed by atoms with Crippen LogP contribution in [0, 0.1) is 18.3 Å². The second-order valence-electron chi connectivity index (χ2n) is 18.9. The molecule has 0 fully saturated rings. The fourth-order valence-corrected chi connectivity index (χ4v) is 11.3. The first kappa shape index (κ1) is 43.4. The molecule has 2 aliphatic heterocycles. The smallest absolute Gasteiger partial charge is 0.252 e. The van der Waals surface area contributed by atoms with Gasteiger partial charge in [0, 0.05) is 56.5 Å². The van der Waals surface area contributed by atoms with Gasteiger partial charge in [-0.15, -0.1) is 0 Å². The van der Waals surface area contributed by atoms with Gasteiger partial charge in [0.1, 0.15) is 0 Å². The minimum absolute atomic E-state index is 0.128. The third-order valence-corrected chi connectivity index (χ3v) is 14.5. The summed E-state index contributed by atoms with van der Waals surface area (Å²) in [7, 11) is 0. The third-order valence-electron chi connectivity index (χ3n) is 14.5. The average Bonchev–Trinajstić information content (AvgIpc) is 3.46. The molecule has 0 saturated heterocycles. The van der Waals surface area contributed by atoms with E-state index in [4.69, 9.17) is 0 Å². The maximum atomic E-state index is 10.7. The second kappa shape index (κ2) is 18.3. The molecule has 11 aromatic rings. The number of nitriles is 1. The summed E-state index contributed by atoms with van der Waals surface area (Å²) in [6, 6.07) is 98.5. The van der Waals surface area contributed by atoms with Crippen molar-refractivity contribution in [2.45, 2.75) is 6.92 Å². The molecule has 0 atom stereocenters. The molecule has 0 saturated carbocycles. The van der Waals surface area contributed by atoms with Crippen molar-refractivity contribution >= 4 is 74.3 Å². The molecule has 2 aliphatic rings. The SMILES string of the molecule is Cc1cc2c3c(c1)N(c1c(-c4ccccc4)cc(C#N)cc1-c1ccccc1)c1ccccc1B3c1ccc(N(c3ccccc3)c3ccccc3)cc1N2c1cc(-c2ccccc2)ccc1-c1ccccc1. The number of rotatable bonds is 9. The van der Waals surface area contributed by atoms with Crippen LogP contribution in [-0.4, -0.2) is 6.71 Å². The van der Waals surface area contributed by atoms with Crippen molar-refractivity contribution in [2.24, 2.45) is 0 Å². The molecule has 5 heteroatoms. The zero-order valence-corrected chi connectivity index (χ0v) is 40.3. The molecule has 0 aromatic heterocycles. The van der Waals surface area contributed by atoms with Crippen molar-refractivity contribution in [1.82, 2.24) is 0 Å². The molecule has 13 rings (SSSR count). The van der Waals surface area contributed by atoms with Crippen molar-refractivity contribution in [3.8, 4) is 50.6 Å². The van der Waals surface area contributed by atoms with E-state index >= 15 is 0 Å². The summed E-state index contributed by atoms with van der Waals surface area (Å²) in [5.74, 6) is 0. The predicted molar refractivity (Wildman–Crippen MR) is 306 cm³/mol. The molecule has 342 valence electrons. The average molecular weight is 931 g/mol. The van der Waals surface area contributed by atoms with Gasteiger partial charge in [-0.25, -0.2) is 0 Å². The zero-order valence-electron chi connectivity index (χ0n) is 40.3. The van der Waals surface area contributed by atoms with Crippen LogP contribution in [0.4, 0.5) is 51.2 Å². The zero-order chi connectivity index (χ0) is 48.8. The van der Waals surface area contributed by atoms with Gasteiger partial charge in [0.25, 0.3) is 6.71 Å². The molecular formula is C68H47BN4. The standard InChI is InChI=1S/C68H47BN4/c1-47-40-65-67-66(41-47)73(68-58(51-26-12-4-13-27-51)42-48(46-70)43-59(68)52-28-14-5-15-29-52)62-35-21-20-34-60(62)69(67)61-39-37-56(71(54-30-16-6-17-31-54)55-32-18-7-19-33-55)45-64(61)72(65)63-44-53(49-22-8-2-9-23-49)36-38-57(63)50-24-10-3-11-25-50/h2-45H,1H3. The fraction of sp³-hybridized carbons (Fsp3) is 0.0147. The van der Waals surface area contributed by atoms with E-state index in [2.05, 4.69) is 295 Å². The highest BCUT2D eigenvalue weighted by atomic mass is 15.2. The summed E-state index contributed by atoms with van der Waals surface area (Å²) in [6.07, 6.45) is 0. The number of nitrogens with zero attached hydrogens (tertiary/aromatic N) is 4. The van der Waals surface area contributed by atoms with Gasteiger partial charge in [-0.3, -0.25) is 0 Å². The van der Waals surface area contributed by atoms with Gasteiger partial charge in [-0.05, 0) is 129 Å². The van der Waals surface area contributed by atoms with Crippen LogP contribution in [0.25, 0.3) is 44.5 Å². The molecule has 0 amide bonds. The lowest BCUT2D eigenvalue weighted by Crippen LogP contribution is -2.61. The minimum atomic E-state index is -0.128. The summed E-state index contributed by atoms with van der Waals surface area (Å²) in [6.45, 7) is 2.10. The Kier molecular flexibility index (Phi) is 10.9. The number of hydrogen-bond acceptors (Lipinski definition) is 4. The number of fused-ring (bicyclic) bond motifs is 4. The number of para-hydroxylation sites is 3. The number of aryl methyl sites for hydroxylation is 1. The molecule has 0 bridgehead atoms. The van der Waals surface area contributed by atoms with Crippen LogP contribution in [0.1, 0.15) is 11.1 Å². The minimum Gasteiger partial charge on any atom is -0.311 e. The highest BCUT2D eigenvalue weighted by Gasteiger charge is 2.45. The van der Waals surface area contributed by atoms with Crippen molar-refractivity contribution in [2.75, 3.05) is 14.7 Å². The van der Waals surface area contributed by atoms with Crippen molar-refractivity contribution in [1.29, 1.82) is 5.26 Å². The normalized spacial score (nSPS) is 12.1. The van der Waals surface area contributed by atoms with E-state index in [1.807, 2.05) is 0 Å².